The summed E-state index contributed by atoms with van der Waals surface area (Å²) in [7, 11) is -4.04. The summed E-state index contributed by atoms with van der Waals surface area (Å²) in [5.41, 5.74) is 0.170. The fourth-order valence-corrected chi connectivity index (χ4v) is 8.59. The van der Waals surface area contributed by atoms with E-state index in [1.807, 2.05) is 48.5 Å². The van der Waals surface area contributed by atoms with Crippen LogP contribution in [-0.2, 0) is 0 Å². The summed E-state index contributed by atoms with van der Waals surface area (Å²) in [5, 5.41) is 0. The molecular weight excluding hydrogens is 308 g/mol. The molecule has 0 radical (unpaired) electrons. The van der Waals surface area contributed by atoms with Crippen LogP contribution >= 0.6 is 0 Å². The second-order valence-electron chi connectivity index (χ2n) is 6.61. The molecule has 0 bridgehead atoms. The van der Waals surface area contributed by atoms with Gasteiger partial charge in [-0.15, -0.1) is 0 Å². The first-order valence-electron chi connectivity index (χ1n) is 8.39. The molecule has 1 spiro atoms. The quantitative estimate of drug-likeness (QED) is 0.714. The van der Waals surface area contributed by atoms with E-state index in [1.54, 1.807) is 0 Å². The van der Waals surface area contributed by atoms with Crippen molar-refractivity contribution >= 4 is 8.33 Å². The third-order valence-corrected chi connectivity index (χ3v) is 9.41. The van der Waals surface area contributed by atoms with Gasteiger partial charge in [0.2, 0.25) is 0 Å². The molecule has 0 atom stereocenters. The molecule has 5 rings (SSSR count). The van der Waals surface area contributed by atoms with Gasteiger partial charge in [-0.2, -0.15) is 0 Å². The third-order valence-electron chi connectivity index (χ3n) is 5.15. The summed E-state index contributed by atoms with van der Waals surface area (Å²) in [6.07, 6.45) is 5.64. The van der Waals surface area contributed by atoms with Crippen LogP contribution in [0.25, 0.3) is 0 Å². The van der Waals surface area contributed by atoms with Crippen LogP contribution in [0.2, 0.25) is 5.54 Å². The van der Waals surface area contributed by atoms with E-state index in [2.05, 4.69) is 0 Å². The van der Waals surface area contributed by atoms with Crippen LogP contribution in [0.15, 0.2) is 48.5 Å². The Morgan fingerprint density at radius 1 is 0.609 bits per heavy atom. The summed E-state index contributed by atoms with van der Waals surface area (Å²) in [6, 6.07) is 15.5. The Labute approximate surface area is 135 Å². The van der Waals surface area contributed by atoms with Gasteiger partial charge in [0.15, 0.2) is 0 Å². The molecule has 2 aromatic rings. The molecule has 0 N–H and O–H groups in total. The molecule has 23 heavy (non-hydrogen) atoms. The third kappa shape index (κ3) is 1.77. The summed E-state index contributed by atoms with van der Waals surface area (Å²) < 4.78 is 25.8. The van der Waals surface area contributed by atoms with Crippen LogP contribution < -0.4 is 17.7 Å². The molecular formula is C18H19O4Si-. The Morgan fingerprint density at radius 3 is 1.39 bits per heavy atom. The van der Waals surface area contributed by atoms with E-state index in [1.165, 1.54) is 19.3 Å². The van der Waals surface area contributed by atoms with E-state index in [0.29, 0.717) is 0 Å². The van der Waals surface area contributed by atoms with Crippen molar-refractivity contribution in [1.29, 1.82) is 0 Å². The van der Waals surface area contributed by atoms with Crippen LogP contribution in [0.1, 0.15) is 32.1 Å². The van der Waals surface area contributed by atoms with E-state index in [0.717, 1.165) is 35.8 Å². The minimum absolute atomic E-state index is 0.170. The molecule has 2 aliphatic heterocycles. The first-order chi connectivity index (χ1) is 11.3. The second kappa shape index (κ2) is 4.44. The van der Waals surface area contributed by atoms with Crippen molar-refractivity contribution in [2.45, 2.75) is 37.6 Å². The molecule has 0 aromatic heterocycles. The number of para-hydroxylation sites is 4. The Kier molecular flexibility index (Phi) is 2.57. The van der Waals surface area contributed by atoms with Crippen molar-refractivity contribution in [1.82, 2.24) is 0 Å². The van der Waals surface area contributed by atoms with Crippen molar-refractivity contribution in [3.8, 4) is 23.0 Å². The van der Waals surface area contributed by atoms with Gasteiger partial charge in [0.05, 0.1) is 0 Å². The van der Waals surface area contributed by atoms with Crippen LogP contribution in [0, 0.1) is 0 Å². The Morgan fingerprint density at radius 2 is 1.00 bits per heavy atom. The van der Waals surface area contributed by atoms with Crippen molar-refractivity contribution in [2.75, 3.05) is 0 Å². The zero-order valence-corrected chi connectivity index (χ0v) is 13.9. The molecule has 3 aliphatic rings. The fraction of sp³-hybridized carbons (Fsp3) is 0.333. The molecule has 1 aliphatic carbocycles. The Balaban J connectivity index is 1.65. The second-order valence-corrected chi connectivity index (χ2v) is 10.2. The zero-order valence-electron chi connectivity index (χ0n) is 12.9. The Bertz CT molecular complexity index is 656. The number of benzene rings is 2. The average Bonchev–Trinajstić information content (AvgIpc) is 3.11. The summed E-state index contributed by atoms with van der Waals surface area (Å²) in [4.78, 5) is 0. The number of fused-ring (bicyclic) bond motifs is 2. The topological polar surface area (TPSA) is 36.9 Å². The van der Waals surface area contributed by atoms with Crippen LogP contribution in [0.5, 0.6) is 23.0 Å². The molecule has 2 aromatic carbocycles. The Hall–Kier alpha value is -2.14. The van der Waals surface area contributed by atoms with Gasteiger partial charge in [-0.3, -0.25) is 0 Å². The van der Waals surface area contributed by atoms with Gasteiger partial charge in [-0.25, -0.2) is 0 Å². The molecule has 1 saturated carbocycles. The SMILES string of the molecule is c1ccc2c(c1)O[Si-]1(C3CCCCC3)(O2)Oc2ccccc2O1. The molecule has 2 heterocycles. The van der Waals surface area contributed by atoms with Crippen LogP contribution in [0.3, 0.4) is 0 Å². The number of hydrogen-bond donors (Lipinski definition) is 0. The van der Waals surface area contributed by atoms with Gasteiger partial charge in [-0.05, 0) is 0 Å². The molecule has 4 nitrogen and oxygen atoms in total. The molecule has 0 unspecified atom stereocenters. The van der Waals surface area contributed by atoms with E-state index < -0.39 is 8.33 Å². The first-order valence-corrected chi connectivity index (χ1v) is 10.6. The average molecular weight is 327 g/mol. The molecule has 0 saturated heterocycles. The fourth-order valence-electron chi connectivity index (χ4n) is 4.06. The molecule has 120 valence electrons. The maximum absolute atomic E-state index is 6.45. The van der Waals surface area contributed by atoms with Crippen molar-refractivity contribution < 1.29 is 17.7 Å². The molecule has 5 heteroatoms. The monoisotopic (exact) mass is 327 g/mol. The van der Waals surface area contributed by atoms with Gasteiger partial charge < -0.3 is 0 Å². The summed E-state index contributed by atoms with van der Waals surface area (Å²) in [5.74, 6) is 2.94. The molecule has 1 fully saturated rings. The van der Waals surface area contributed by atoms with Crippen molar-refractivity contribution in [2.24, 2.45) is 0 Å². The van der Waals surface area contributed by atoms with E-state index in [-0.39, 0.29) is 5.54 Å². The number of rotatable bonds is 1. The molecule has 0 amide bonds. The van der Waals surface area contributed by atoms with Gasteiger partial charge in [0.1, 0.15) is 0 Å². The van der Waals surface area contributed by atoms with Gasteiger partial charge in [0.25, 0.3) is 0 Å². The number of hydrogen-bond acceptors (Lipinski definition) is 4. The van der Waals surface area contributed by atoms with Gasteiger partial charge >= 0.3 is 135 Å². The first kappa shape index (κ1) is 13.3. The predicted molar refractivity (Wildman–Crippen MR) is 88.0 cm³/mol. The normalized spacial score (nSPS) is 25.0. The summed E-state index contributed by atoms with van der Waals surface area (Å²) in [6.45, 7) is 0. The minimum atomic E-state index is -4.04. The van der Waals surface area contributed by atoms with Crippen molar-refractivity contribution in [3.63, 3.8) is 0 Å². The van der Waals surface area contributed by atoms with E-state index in [4.69, 9.17) is 17.7 Å². The van der Waals surface area contributed by atoms with Crippen molar-refractivity contribution in [3.05, 3.63) is 48.5 Å². The maximum atomic E-state index is 6.45. The standard InChI is InChI=1S/C18H19O4Si/c1-2-8-14(9-3-1)23(19-15-10-4-5-11-16(15)20-23)21-17-12-6-7-13-18(17)22-23/h4-7,10-14H,1-3,8-9H2/q-1. The van der Waals surface area contributed by atoms with Gasteiger partial charge in [0, 0.05) is 0 Å². The van der Waals surface area contributed by atoms with E-state index in [9.17, 15) is 0 Å². The predicted octanol–water partition coefficient (Wildman–Crippen LogP) is 4.65. The van der Waals surface area contributed by atoms with Gasteiger partial charge in [-0.1, -0.05) is 0 Å². The summed E-state index contributed by atoms with van der Waals surface area (Å²) >= 11 is 0. The van der Waals surface area contributed by atoms with Crippen LogP contribution in [0.4, 0.5) is 0 Å². The zero-order chi connectivity index (χ0) is 15.4. The van der Waals surface area contributed by atoms with Crippen LogP contribution in [-0.4, -0.2) is 8.33 Å². The van der Waals surface area contributed by atoms with E-state index >= 15 is 0 Å².